The van der Waals surface area contributed by atoms with Crippen LogP contribution in [0.15, 0.2) is 70.4 Å². The fourth-order valence-corrected chi connectivity index (χ4v) is 4.12. The Morgan fingerprint density at radius 1 is 1.06 bits per heavy atom. The van der Waals surface area contributed by atoms with Crippen LogP contribution in [0.1, 0.15) is 40.5 Å². The number of hydrogen-bond donors (Lipinski definition) is 2. The monoisotopic (exact) mass is 526 g/mol. The summed E-state index contributed by atoms with van der Waals surface area (Å²) in [6.07, 6.45) is 2.92. The number of carbonyl (C=O) groups is 2. The molecule has 0 saturated heterocycles. The zero-order chi connectivity index (χ0) is 23.6. The third kappa shape index (κ3) is 7.68. The fourth-order valence-electron chi connectivity index (χ4n) is 3.08. The first-order chi connectivity index (χ1) is 16.0. The van der Waals surface area contributed by atoms with Crippen LogP contribution in [0.5, 0.6) is 0 Å². The van der Waals surface area contributed by atoms with E-state index in [1.807, 2.05) is 61.5 Å². The van der Waals surface area contributed by atoms with E-state index in [1.54, 1.807) is 6.20 Å². The summed E-state index contributed by atoms with van der Waals surface area (Å²) in [6.45, 7) is 4.48. The molecule has 33 heavy (non-hydrogen) atoms. The Bertz CT molecular complexity index is 1080. The van der Waals surface area contributed by atoms with Gasteiger partial charge in [0, 0.05) is 24.9 Å². The van der Waals surface area contributed by atoms with Gasteiger partial charge in [-0.25, -0.2) is 9.97 Å². The van der Waals surface area contributed by atoms with Gasteiger partial charge in [0.05, 0.1) is 4.47 Å². The van der Waals surface area contributed by atoms with E-state index in [-0.39, 0.29) is 11.6 Å². The second-order valence-electron chi connectivity index (χ2n) is 7.62. The zero-order valence-corrected chi connectivity index (χ0v) is 21.1. The molecule has 6 nitrogen and oxygen atoms in total. The predicted octanol–water partition coefficient (Wildman–Crippen LogP) is 4.71. The number of amides is 2. The highest BCUT2D eigenvalue weighted by atomic mass is 79.9. The molecule has 172 valence electrons. The largest absolute Gasteiger partial charge is 0.350 e. The summed E-state index contributed by atoms with van der Waals surface area (Å²) < 4.78 is 0.486. The van der Waals surface area contributed by atoms with Crippen molar-refractivity contribution in [1.29, 1.82) is 0 Å². The lowest BCUT2D eigenvalue weighted by atomic mass is 10.0. The van der Waals surface area contributed by atoms with Crippen molar-refractivity contribution in [3.8, 4) is 0 Å². The summed E-state index contributed by atoms with van der Waals surface area (Å²) in [4.78, 5) is 34.8. The summed E-state index contributed by atoms with van der Waals surface area (Å²) in [7, 11) is 0. The molecular weight excluding hydrogens is 500 g/mol. The van der Waals surface area contributed by atoms with Crippen molar-refractivity contribution < 1.29 is 9.59 Å². The standard InChI is InChI=1S/C25H27BrN4O2S/c1-3-13-33-25-28-16-20(26)22(30-25)24(32)29-21(14-18-7-5-4-6-8-18)23(31)27-15-19-11-9-17(2)10-12-19/h4-12,16,21H,3,13-15H2,1-2H3,(H,27,31)(H,29,32). The van der Waals surface area contributed by atoms with Gasteiger partial charge in [-0.05, 0) is 40.4 Å². The van der Waals surface area contributed by atoms with E-state index in [4.69, 9.17) is 0 Å². The topological polar surface area (TPSA) is 84.0 Å². The minimum absolute atomic E-state index is 0.216. The van der Waals surface area contributed by atoms with E-state index in [1.165, 1.54) is 11.8 Å². The van der Waals surface area contributed by atoms with Gasteiger partial charge < -0.3 is 10.6 Å². The molecular formula is C25H27BrN4O2S. The number of thioether (sulfide) groups is 1. The first-order valence-corrected chi connectivity index (χ1v) is 12.6. The molecule has 0 fully saturated rings. The number of carbonyl (C=O) groups excluding carboxylic acids is 2. The predicted molar refractivity (Wildman–Crippen MR) is 135 cm³/mol. The summed E-state index contributed by atoms with van der Waals surface area (Å²) in [5.74, 6) is 0.188. The van der Waals surface area contributed by atoms with Gasteiger partial charge in [-0.2, -0.15) is 0 Å². The maximum atomic E-state index is 13.1. The Hall–Kier alpha value is -2.71. The summed E-state index contributed by atoms with van der Waals surface area (Å²) in [6, 6.07) is 16.8. The van der Waals surface area contributed by atoms with Gasteiger partial charge in [-0.1, -0.05) is 78.8 Å². The van der Waals surface area contributed by atoms with Crippen molar-refractivity contribution in [3.05, 3.63) is 87.7 Å². The minimum Gasteiger partial charge on any atom is -0.350 e. The number of nitrogens with zero attached hydrogens (tertiary/aromatic N) is 2. The van der Waals surface area contributed by atoms with Crippen LogP contribution in [0, 0.1) is 6.92 Å². The van der Waals surface area contributed by atoms with Crippen molar-refractivity contribution in [1.82, 2.24) is 20.6 Å². The Morgan fingerprint density at radius 3 is 2.48 bits per heavy atom. The minimum atomic E-state index is -0.751. The molecule has 0 bridgehead atoms. The van der Waals surface area contributed by atoms with E-state index in [0.717, 1.165) is 28.9 Å². The normalized spacial score (nSPS) is 11.6. The average molecular weight is 527 g/mol. The first-order valence-electron chi connectivity index (χ1n) is 10.8. The number of rotatable bonds is 10. The molecule has 3 aromatic rings. The zero-order valence-electron chi connectivity index (χ0n) is 18.7. The molecule has 1 aromatic heterocycles. The van der Waals surface area contributed by atoms with Crippen LogP contribution in [0.3, 0.4) is 0 Å². The molecule has 0 aliphatic heterocycles. The van der Waals surface area contributed by atoms with E-state index < -0.39 is 11.9 Å². The highest BCUT2D eigenvalue weighted by Crippen LogP contribution is 2.19. The lowest BCUT2D eigenvalue weighted by Gasteiger charge is -2.19. The van der Waals surface area contributed by atoms with E-state index in [2.05, 4.69) is 43.5 Å². The molecule has 0 saturated carbocycles. The highest BCUT2D eigenvalue weighted by molar-refractivity contribution is 9.10. The molecule has 2 N–H and O–H groups in total. The second-order valence-corrected chi connectivity index (χ2v) is 9.53. The smallest absolute Gasteiger partial charge is 0.271 e. The van der Waals surface area contributed by atoms with Crippen LogP contribution in [-0.2, 0) is 17.8 Å². The number of halogens is 1. The number of aromatic nitrogens is 2. The summed E-state index contributed by atoms with van der Waals surface area (Å²) >= 11 is 4.86. The van der Waals surface area contributed by atoms with Crippen LogP contribution in [-0.4, -0.2) is 33.6 Å². The van der Waals surface area contributed by atoms with Crippen LogP contribution >= 0.6 is 27.7 Å². The highest BCUT2D eigenvalue weighted by Gasteiger charge is 2.24. The molecule has 2 aromatic carbocycles. The molecule has 3 rings (SSSR count). The van der Waals surface area contributed by atoms with Crippen LogP contribution < -0.4 is 10.6 Å². The van der Waals surface area contributed by atoms with Crippen molar-refractivity contribution in [2.75, 3.05) is 5.75 Å². The quantitative estimate of drug-likeness (QED) is 0.295. The Morgan fingerprint density at radius 2 is 1.79 bits per heavy atom. The maximum absolute atomic E-state index is 13.1. The average Bonchev–Trinajstić information content (AvgIpc) is 2.83. The SMILES string of the molecule is CCCSc1ncc(Br)c(C(=O)NC(Cc2ccccc2)C(=O)NCc2ccc(C)cc2)n1. The molecule has 0 aliphatic rings. The van der Waals surface area contributed by atoms with Crippen LogP contribution in [0.25, 0.3) is 0 Å². The lowest BCUT2D eigenvalue weighted by Crippen LogP contribution is -2.48. The molecule has 1 unspecified atom stereocenters. The third-order valence-electron chi connectivity index (χ3n) is 4.86. The van der Waals surface area contributed by atoms with Gasteiger partial charge >= 0.3 is 0 Å². The van der Waals surface area contributed by atoms with Gasteiger partial charge in [0.15, 0.2) is 5.16 Å². The molecule has 1 heterocycles. The lowest BCUT2D eigenvalue weighted by molar-refractivity contribution is -0.123. The van der Waals surface area contributed by atoms with Gasteiger partial charge in [-0.3, -0.25) is 9.59 Å². The Labute approximate surface area is 207 Å². The van der Waals surface area contributed by atoms with E-state index in [0.29, 0.717) is 22.6 Å². The molecule has 2 amide bonds. The van der Waals surface area contributed by atoms with E-state index in [9.17, 15) is 9.59 Å². The Kier molecular flexibility index (Phi) is 9.45. The van der Waals surface area contributed by atoms with Crippen molar-refractivity contribution in [3.63, 3.8) is 0 Å². The van der Waals surface area contributed by atoms with Crippen molar-refractivity contribution >= 4 is 39.5 Å². The van der Waals surface area contributed by atoms with Crippen molar-refractivity contribution in [2.24, 2.45) is 0 Å². The van der Waals surface area contributed by atoms with Crippen molar-refractivity contribution in [2.45, 2.75) is 44.4 Å². The van der Waals surface area contributed by atoms with Gasteiger partial charge in [0.2, 0.25) is 5.91 Å². The maximum Gasteiger partial charge on any atom is 0.271 e. The van der Waals surface area contributed by atoms with Gasteiger partial charge in [0.25, 0.3) is 5.91 Å². The number of aryl methyl sites for hydroxylation is 1. The molecule has 1 atom stereocenters. The van der Waals surface area contributed by atoms with E-state index >= 15 is 0 Å². The second kappa shape index (κ2) is 12.5. The molecule has 8 heteroatoms. The van der Waals surface area contributed by atoms with Crippen LogP contribution in [0.4, 0.5) is 0 Å². The third-order valence-corrected chi connectivity index (χ3v) is 6.51. The summed E-state index contributed by atoms with van der Waals surface area (Å²) in [5, 5.41) is 6.35. The first kappa shape index (κ1) is 24.9. The molecule has 0 aliphatic carbocycles. The van der Waals surface area contributed by atoms with Crippen LogP contribution in [0.2, 0.25) is 0 Å². The molecule has 0 radical (unpaired) electrons. The van der Waals surface area contributed by atoms with Gasteiger partial charge in [0.1, 0.15) is 11.7 Å². The number of benzene rings is 2. The van der Waals surface area contributed by atoms with Gasteiger partial charge in [-0.15, -0.1) is 0 Å². The molecule has 0 spiro atoms. The summed E-state index contributed by atoms with van der Waals surface area (Å²) in [5.41, 5.74) is 3.32. The fraction of sp³-hybridized carbons (Fsp3) is 0.280. The Balaban J connectivity index is 1.75. The number of nitrogens with one attached hydrogen (secondary N) is 2. The number of hydrogen-bond acceptors (Lipinski definition) is 5.